The topological polar surface area (TPSA) is 78.4 Å². The van der Waals surface area contributed by atoms with Gasteiger partial charge >= 0.3 is 12.0 Å². The lowest BCUT2D eigenvalue weighted by molar-refractivity contribution is -0.141. The van der Waals surface area contributed by atoms with E-state index >= 15 is 0 Å². The highest BCUT2D eigenvalue weighted by molar-refractivity contribution is 7.09. The summed E-state index contributed by atoms with van der Waals surface area (Å²) in [5.74, 6) is -1.03. The molecule has 1 aromatic heterocycles. The van der Waals surface area contributed by atoms with Crippen LogP contribution in [-0.4, -0.2) is 29.7 Å². The highest BCUT2D eigenvalue weighted by Crippen LogP contribution is 2.19. The molecule has 3 N–H and O–H groups in total. The molecule has 0 aromatic carbocycles. The van der Waals surface area contributed by atoms with Gasteiger partial charge in [0.25, 0.3) is 0 Å². The van der Waals surface area contributed by atoms with E-state index in [1.165, 1.54) is 4.88 Å². The van der Waals surface area contributed by atoms with Gasteiger partial charge < -0.3 is 15.7 Å². The summed E-state index contributed by atoms with van der Waals surface area (Å²) in [5, 5.41) is 16.2. The second kappa shape index (κ2) is 6.56. The van der Waals surface area contributed by atoms with E-state index in [9.17, 15) is 9.59 Å². The predicted octanol–water partition coefficient (Wildman–Crippen LogP) is 2.09. The smallest absolute Gasteiger partial charge is 0.326 e. The number of amides is 2. The second-order valence-electron chi connectivity index (χ2n) is 5.37. The molecule has 0 aliphatic carbocycles. The van der Waals surface area contributed by atoms with Crippen LogP contribution in [0.15, 0.2) is 17.5 Å². The van der Waals surface area contributed by atoms with Gasteiger partial charge in [-0.25, -0.2) is 9.59 Å². The number of urea groups is 1. The molecule has 0 saturated carbocycles. The van der Waals surface area contributed by atoms with E-state index in [4.69, 9.17) is 5.11 Å². The van der Waals surface area contributed by atoms with Crippen LogP contribution in [0.2, 0.25) is 0 Å². The van der Waals surface area contributed by atoms with Crippen molar-refractivity contribution < 1.29 is 14.7 Å². The molecule has 6 heteroatoms. The molecule has 0 radical (unpaired) electrons. The monoisotopic (exact) mass is 284 g/mol. The van der Waals surface area contributed by atoms with Crippen LogP contribution in [0.4, 0.5) is 4.79 Å². The number of thiophene rings is 1. The Morgan fingerprint density at radius 3 is 2.58 bits per heavy atom. The first-order valence-electron chi connectivity index (χ1n) is 6.10. The van der Waals surface area contributed by atoms with Gasteiger partial charge in [0.05, 0.1) is 0 Å². The van der Waals surface area contributed by atoms with E-state index in [0.717, 1.165) is 6.42 Å². The third kappa shape index (κ3) is 5.30. The number of carbonyl (C=O) groups is 2. The van der Waals surface area contributed by atoms with Gasteiger partial charge in [0.15, 0.2) is 0 Å². The number of carboxylic acids is 1. The summed E-state index contributed by atoms with van der Waals surface area (Å²) in [6, 6.07) is 2.60. The molecule has 0 fully saturated rings. The van der Waals surface area contributed by atoms with Crippen molar-refractivity contribution in [1.82, 2.24) is 10.6 Å². The maximum atomic E-state index is 11.7. The summed E-state index contributed by atoms with van der Waals surface area (Å²) in [7, 11) is 0. The number of carbonyl (C=O) groups excluding carboxylic acids is 1. The number of aliphatic carboxylic acids is 1. The molecule has 1 heterocycles. The number of carboxylic acid groups (broad SMARTS) is 1. The lowest BCUT2D eigenvalue weighted by atomic mass is 9.87. The summed E-state index contributed by atoms with van der Waals surface area (Å²) in [6.45, 7) is 5.82. The molecule has 0 bridgehead atoms. The van der Waals surface area contributed by atoms with E-state index in [0.29, 0.717) is 6.54 Å². The fraction of sp³-hybridized carbons (Fsp3) is 0.538. The summed E-state index contributed by atoms with van der Waals surface area (Å²) < 4.78 is 0. The van der Waals surface area contributed by atoms with Crippen LogP contribution < -0.4 is 10.6 Å². The Morgan fingerprint density at radius 2 is 2.11 bits per heavy atom. The Bertz CT molecular complexity index is 424. The Labute approximate surface area is 117 Å². The average Bonchev–Trinajstić information content (AvgIpc) is 2.77. The normalized spacial score (nSPS) is 12.8. The van der Waals surface area contributed by atoms with Crippen molar-refractivity contribution in [1.29, 1.82) is 0 Å². The van der Waals surface area contributed by atoms with Crippen molar-refractivity contribution in [3.63, 3.8) is 0 Å². The van der Waals surface area contributed by atoms with Crippen LogP contribution in [0, 0.1) is 5.41 Å². The van der Waals surface area contributed by atoms with Crippen molar-refractivity contribution in [3.8, 4) is 0 Å². The van der Waals surface area contributed by atoms with E-state index in [1.807, 2.05) is 17.5 Å². The van der Waals surface area contributed by atoms with Crippen molar-refractivity contribution in [2.24, 2.45) is 5.41 Å². The maximum absolute atomic E-state index is 11.7. The van der Waals surface area contributed by atoms with E-state index < -0.39 is 23.5 Å². The second-order valence-corrected chi connectivity index (χ2v) is 6.40. The van der Waals surface area contributed by atoms with Crippen LogP contribution >= 0.6 is 11.3 Å². The largest absolute Gasteiger partial charge is 0.480 e. The average molecular weight is 284 g/mol. The Morgan fingerprint density at radius 1 is 1.42 bits per heavy atom. The molecular formula is C13H20N2O3S. The van der Waals surface area contributed by atoms with Gasteiger partial charge in [0, 0.05) is 11.4 Å². The zero-order chi connectivity index (χ0) is 14.5. The molecule has 0 aliphatic rings. The Kier molecular flexibility index (Phi) is 5.35. The molecule has 1 aromatic rings. The molecule has 5 nitrogen and oxygen atoms in total. The predicted molar refractivity (Wildman–Crippen MR) is 75.4 cm³/mol. The van der Waals surface area contributed by atoms with Crippen LogP contribution in [0.5, 0.6) is 0 Å². The summed E-state index contributed by atoms with van der Waals surface area (Å²) in [6.07, 6.45) is 0.748. The van der Waals surface area contributed by atoms with Gasteiger partial charge in [-0.15, -0.1) is 11.3 Å². The molecule has 1 atom stereocenters. The summed E-state index contributed by atoms with van der Waals surface area (Å²) in [4.78, 5) is 23.9. The lowest BCUT2D eigenvalue weighted by Crippen LogP contribution is -2.52. The van der Waals surface area contributed by atoms with E-state index in [-0.39, 0.29) is 0 Å². The molecule has 19 heavy (non-hydrogen) atoms. The first-order valence-corrected chi connectivity index (χ1v) is 6.98. The van der Waals surface area contributed by atoms with Crippen LogP contribution in [-0.2, 0) is 11.2 Å². The molecule has 0 spiro atoms. The molecule has 2 amide bonds. The number of hydrogen-bond donors (Lipinski definition) is 3. The van der Waals surface area contributed by atoms with Crippen molar-refractivity contribution >= 4 is 23.3 Å². The summed E-state index contributed by atoms with van der Waals surface area (Å²) in [5.41, 5.74) is -0.531. The SMILES string of the molecule is CC(C)(C)C(NC(=O)NCCc1cccs1)C(=O)O. The quantitative estimate of drug-likeness (QED) is 0.774. The molecular weight excluding hydrogens is 264 g/mol. The third-order valence-electron chi connectivity index (χ3n) is 2.63. The number of rotatable bonds is 5. The van der Waals surface area contributed by atoms with Gasteiger partial charge in [0.2, 0.25) is 0 Å². The van der Waals surface area contributed by atoms with E-state index in [2.05, 4.69) is 10.6 Å². The molecule has 1 unspecified atom stereocenters. The van der Waals surface area contributed by atoms with Crippen LogP contribution in [0.3, 0.4) is 0 Å². The fourth-order valence-corrected chi connectivity index (χ4v) is 2.29. The molecule has 0 aliphatic heterocycles. The maximum Gasteiger partial charge on any atom is 0.326 e. The van der Waals surface area contributed by atoms with Gasteiger partial charge in [0.1, 0.15) is 6.04 Å². The van der Waals surface area contributed by atoms with Gasteiger partial charge in [-0.1, -0.05) is 26.8 Å². The zero-order valence-corrected chi connectivity index (χ0v) is 12.2. The minimum Gasteiger partial charge on any atom is -0.480 e. The van der Waals surface area contributed by atoms with Gasteiger partial charge in [-0.05, 0) is 23.3 Å². The Balaban J connectivity index is 2.39. The lowest BCUT2D eigenvalue weighted by Gasteiger charge is -2.27. The highest BCUT2D eigenvalue weighted by atomic mass is 32.1. The molecule has 106 valence electrons. The van der Waals surface area contributed by atoms with Gasteiger partial charge in [-0.3, -0.25) is 0 Å². The van der Waals surface area contributed by atoms with Crippen molar-refractivity contribution in [3.05, 3.63) is 22.4 Å². The van der Waals surface area contributed by atoms with Crippen molar-refractivity contribution in [2.45, 2.75) is 33.2 Å². The Hall–Kier alpha value is -1.56. The van der Waals surface area contributed by atoms with E-state index in [1.54, 1.807) is 32.1 Å². The molecule has 0 saturated heterocycles. The first-order chi connectivity index (χ1) is 8.80. The minimum absolute atomic E-state index is 0.445. The van der Waals surface area contributed by atoms with Crippen molar-refractivity contribution in [2.75, 3.05) is 6.54 Å². The fourth-order valence-electron chi connectivity index (χ4n) is 1.58. The minimum atomic E-state index is -1.03. The third-order valence-corrected chi connectivity index (χ3v) is 3.56. The summed E-state index contributed by atoms with van der Waals surface area (Å²) >= 11 is 1.63. The number of nitrogens with one attached hydrogen (secondary N) is 2. The van der Waals surface area contributed by atoms with Crippen LogP contribution in [0.1, 0.15) is 25.6 Å². The standard InChI is InChI=1S/C13H20N2O3S/c1-13(2,3)10(11(16)17)15-12(18)14-7-6-9-5-4-8-19-9/h4-5,8,10H,6-7H2,1-3H3,(H,16,17)(H2,14,15,18). The zero-order valence-electron chi connectivity index (χ0n) is 11.4. The van der Waals surface area contributed by atoms with Crippen LogP contribution in [0.25, 0.3) is 0 Å². The first kappa shape index (κ1) is 15.5. The molecule has 1 rings (SSSR count). The number of hydrogen-bond acceptors (Lipinski definition) is 3. The van der Waals surface area contributed by atoms with Gasteiger partial charge in [-0.2, -0.15) is 0 Å². The highest BCUT2D eigenvalue weighted by Gasteiger charge is 2.32.